The highest BCUT2D eigenvalue weighted by Gasteiger charge is 2.27. The molecule has 1 aromatic heterocycles. The number of hydrogen-bond acceptors (Lipinski definition) is 1. The van der Waals surface area contributed by atoms with Gasteiger partial charge < -0.3 is 0 Å². The molecule has 0 aliphatic heterocycles. The first kappa shape index (κ1) is 9.16. The molecule has 15 heavy (non-hydrogen) atoms. The van der Waals surface area contributed by atoms with Gasteiger partial charge >= 0.3 is 0 Å². The SMILES string of the molecule is Brc1cccc(-n2nccc2C2CC2)c1. The van der Waals surface area contributed by atoms with Crippen LogP contribution in [-0.2, 0) is 0 Å². The third-order valence-corrected chi connectivity index (χ3v) is 3.21. The van der Waals surface area contributed by atoms with E-state index < -0.39 is 0 Å². The number of hydrogen-bond donors (Lipinski definition) is 0. The zero-order valence-corrected chi connectivity index (χ0v) is 9.81. The first-order valence-corrected chi connectivity index (χ1v) is 5.94. The van der Waals surface area contributed by atoms with Crippen molar-refractivity contribution >= 4 is 15.9 Å². The first-order chi connectivity index (χ1) is 7.34. The van der Waals surface area contributed by atoms with Crippen LogP contribution in [0, 0.1) is 0 Å². The van der Waals surface area contributed by atoms with Gasteiger partial charge in [0, 0.05) is 22.3 Å². The second kappa shape index (κ2) is 3.49. The van der Waals surface area contributed by atoms with Crippen molar-refractivity contribution in [3.8, 4) is 5.69 Å². The van der Waals surface area contributed by atoms with Gasteiger partial charge in [-0.1, -0.05) is 22.0 Å². The summed E-state index contributed by atoms with van der Waals surface area (Å²) >= 11 is 3.48. The fourth-order valence-electron chi connectivity index (χ4n) is 1.83. The molecule has 1 aliphatic rings. The molecule has 2 nitrogen and oxygen atoms in total. The van der Waals surface area contributed by atoms with E-state index in [2.05, 4.69) is 39.2 Å². The quantitative estimate of drug-likeness (QED) is 0.810. The number of halogens is 1. The van der Waals surface area contributed by atoms with Crippen LogP contribution in [0.3, 0.4) is 0 Å². The molecule has 0 saturated heterocycles. The van der Waals surface area contributed by atoms with Gasteiger partial charge in [-0.2, -0.15) is 5.10 Å². The molecule has 3 rings (SSSR count). The van der Waals surface area contributed by atoms with Crippen molar-refractivity contribution in [2.45, 2.75) is 18.8 Å². The van der Waals surface area contributed by atoms with Crippen LogP contribution in [-0.4, -0.2) is 9.78 Å². The Hall–Kier alpha value is -1.09. The van der Waals surface area contributed by atoms with Crippen molar-refractivity contribution in [1.29, 1.82) is 0 Å². The van der Waals surface area contributed by atoms with Gasteiger partial charge in [-0.25, -0.2) is 4.68 Å². The van der Waals surface area contributed by atoms with Crippen molar-refractivity contribution < 1.29 is 0 Å². The van der Waals surface area contributed by atoms with Gasteiger partial charge in [0.2, 0.25) is 0 Å². The van der Waals surface area contributed by atoms with Crippen molar-refractivity contribution in [2.24, 2.45) is 0 Å². The minimum atomic E-state index is 0.728. The summed E-state index contributed by atoms with van der Waals surface area (Å²) in [5.41, 5.74) is 2.48. The Kier molecular flexibility index (Phi) is 2.13. The molecule has 0 spiro atoms. The van der Waals surface area contributed by atoms with Gasteiger partial charge in [0.15, 0.2) is 0 Å². The first-order valence-electron chi connectivity index (χ1n) is 5.14. The molecule has 1 aliphatic carbocycles. The molecule has 0 radical (unpaired) electrons. The van der Waals surface area contributed by atoms with E-state index in [1.54, 1.807) is 0 Å². The Labute approximate surface area is 97.1 Å². The van der Waals surface area contributed by atoms with Crippen LogP contribution in [0.2, 0.25) is 0 Å². The largest absolute Gasteiger partial charge is 0.238 e. The average Bonchev–Trinajstić information content (AvgIpc) is 2.96. The molecule has 0 atom stereocenters. The van der Waals surface area contributed by atoms with Gasteiger partial charge in [-0.3, -0.25) is 0 Å². The summed E-state index contributed by atoms with van der Waals surface area (Å²) in [4.78, 5) is 0. The minimum Gasteiger partial charge on any atom is -0.238 e. The maximum Gasteiger partial charge on any atom is 0.0660 e. The lowest BCUT2D eigenvalue weighted by Gasteiger charge is -2.06. The Morgan fingerprint density at radius 3 is 2.87 bits per heavy atom. The van der Waals surface area contributed by atoms with Crippen molar-refractivity contribution in [3.63, 3.8) is 0 Å². The summed E-state index contributed by atoms with van der Waals surface area (Å²) in [6.07, 6.45) is 4.49. The van der Waals surface area contributed by atoms with Crippen LogP contribution in [0.15, 0.2) is 41.0 Å². The van der Waals surface area contributed by atoms with Gasteiger partial charge in [0.05, 0.1) is 5.69 Å². The molecule has 76 valence electrons. The van der Waals surface area contributed by atoms with Gasteiger partial charge in [0.1, 0.15) is 0 Å². The third-order valence-electron chi connectivity index (χ3n) is 2.72. The Morgan fingerprint density at radius 1 is 1.27 bits per heavy atom. The van der Waals surface area contributed by atoms with Gasteiger partial charge in [-0.05, 0) is 37.1 Å². The van der Waals surface area contributed by atoms with E-state index in [-0.39, 0.29) is 0 Å². The Balaban J connectivity index is 2.07. The fraction of sp³-hybridized carbons (Fsp3) is 0.250. The molecule has 0 N–H and O–H groups in total. The molecule has 1 saturated carbocycles. The monoisotopic (exact) mass is 262 g/mol. The molecular weight excluding hydrogens is 252 g/mol. The topological polar surface area (TPSA) is 17.8 Å². The molecule has 0 unspecified atom stereocenters. The van der Waals surface area contributed by atoms with Crippen LogP contribution >= 0.6 is 15.9 Å². The van der Waals surface area contributed by atoms with Crippen LogP contribution in [0.5, 0.6) is 0 Å². The number of rotatable bonds is 2. The average molecular weight is 263 g/mol. The van der Waals surface area contributed by atoms with Gasteiger partial charge in [-0.15, -0.1) is 0 Å². The van der Waals surface area contributed by atoms with Crippen LogP contribution in [0.4, 0.5) is 0 Å². The molecule has 1 heterocycles. The lowest BCUT2D eigenvalue weighted by atomic mass is 10.2. The van der Waals surface area contributed by atoms with Crippen LogP contribution in [0.1, 0.15) is 24.5 Å². The van der Waals surface area contributed by atoms with E-state index in [1.807, 2.05) is 23.0 Å². The zero-order valence-electron chi connectivity index (χ0n) is 8.23. The van der Waals surface area contributed by atoms with Gasteiger partial charge in [0.25, 0.3) is 0 Å². The molecule has 1 fully saturated rings. The smallest absolute Gasteiger partial charge is 0.0660 e. The van der Waals surface area contributed by atoms with E-state index in [4.69, 9.17) is 0 Å². The highest BCUT2D eigenvalue weighted by Crippen LogP contribution is 2.40. The summed E-state index contributed by atoms with van der Waals surface area (Å²) in [6.45, 7) is 0. The normalized spacial score (nSPS) is 15.5. The van der Waals surface area contributed by atoms with E-state index >= 15 is 0 Å². The maximum absolute atomic E-state index is 4.38. The predicted molar refractivity (Wildman–Crippen MR) is 63.2 cm³/mol. The molecule has 0 amide bonds. The van der Waals surface area contributed by atoms with Crippen molar-refractivity contribution in [2.75, 3.05) is 0 Å². The van der Waals surface area contributed by atoms with Crippen molar-refractivity contribution in [3.05, 3.63) is 46.7 Å². The molecule has 2 aromatic rings. The molecule has 0 bridgehead atoms. The van der Waals surface area contributed by atoms with E-state index in [0.29, 0.717) is 0 Å². The maximum atomic E-state index is 4.38. The highest BCUT2D eigenvalue weighted by atomic mass is 79.9. The van der Waals surface area contributed by atoms with E-state index in [9.17, 15) is 0 Å². The summed E-state index contributed by atoms with van der Waals surface area (Å²) in [6, 6.07) is 10.4. The third kappa shape index (κ3) is 1.72. The van der Waals surface area contributed by atoms with Crippen molar-refractivity contribution in [1.82, 2.24) is 9.78 Å². The number of aromatic nitrogens is 2. The van der Waals surface area contributed by atoms with Crippen LogP contribution in [0.25, 0.3) is 5.69 Å². The van der Waals surface area contributed by atoms with E-state index in [0.717, 1.165) is 16.1 Å². The van der Waals surface area contributed by atoms with Crippen LogP contribution < -0.4 is 0 Å². The molecule has 1 aromatic carbocycles. The highest BCUT2D eigenvalue weighted by molar-refractivity contribution is 9.10. The summed E-state index contributed by atoms with van der Waals surface area (Å²) in [5, 5.41) is 4.38. The molecule has 3 heteroatoms. The lowest BCUT2D eigenvalue weighted by molar-refractivity contribution is 0.808. The Morgan fingerprint density at radius 2 is 2.13 bits per heavy atom. The minimum absolute atomic E-state index is 0.728. The lowest BCUT2D eigenvalue weighted by Crippen LogP contribution is -2.00. The summed E-state index contributed by atoms with van der Waals surface area (Å²) < 4.78 is 3.14. The standard InChI is InChI=1S/C12H11BrN2/c13-10-2-1-3-11(8-10)15-12(6-7-14-15)9-4-5-9/h1-3,6-9H,4-5H2. The summed E-state index contributed by atoms with van der Waals surface area (Å²) in [5.74, 6) is 0.728. The number of nitrogens with zero attached hydrogens (tertiary/aromatic N) is 2. The summed E-state index contributed by atoms with van der Waals surface area (Å²) in [7, 11) is 0. The predicted octanol–water partition coefficient (Wildman–Crippen LogP) is 3.51. The Bertz CT molecular complexity index is 486. The second-order valence-corrected chi connectivity index (χ2v) is 4.84. The van der Waals surface area contributed by atoms with E-state index in [1.165, 1.54) is 18.5 Å². The number of benzene rings is 1. The molecular formula is C12H11BrN2. The zero-order chi connectivity index (χ0) is 10.3. The second-order valence-electron chi connectivity index (χ2n) is 3.92. The fourth-order valence-corrected chi connectivity index (χ4v) is 2.21.